The number of rotatable bonds is 5. The number of hydrogen-bond acceptors (Lipinski definition) is 5. The number of nitrogens with zero attached hydrogens (tertiary/aromatic N) is 4. The van der Waals surface area contributed by atoms with Crippen molar-refractivity contribution >= 4 is 23.1 Å². The van der Waals surface area contributed by atoms with Crippen molar-refractivity contribution in [2.24, 2.45) is 0 Å². The zero-order valence-electron chi connectivity index (χ0n) is 16.8. The summed E-state index contributed by atoms with van der Waals surface area (Å²) >= 11 is 0. The van der Waals surface area contributed by atoms with Crippen LogP contribution >= 0.6 is 0 Å². The van der Waals surface area contributed by atoms with Crippen LogP contribution in [-0.2, 0) is 11.3 Å². The smallest absolute Gasteiger partial charge is 0.246 e. The molecule has 0 radical (unpaired) electrons. The van der Waals surface area contributed by atoms with Gasteiger partial charge in [-0.25, -0.2) is 4.98 Å². The first-order valence-corrected chi connectivity index (χ1v) is 10.2. The Labute approximate surface area is 167 Å². The largest absolute Gasteiger partial charge is 0.378 e. The molecule has 0 bridgehead atoms. The fraction of sp³-hybridized carbons (Fsp3) is 0.455. The first kappa shape index (κ1) is 18.9. The van der Waals surface area contributed by atoms with E-state index >= 15 is 0 Å². The fourth-order valence-electron chi connectivity index (χ4n) is 4.39. The highest BCUT2D eigenvalue weighted by Gasteiger charge is 2.29. The molecule has 1 amide bonds. The molecule has 4 rings (SSSR count). The summed E-state index contributed by atoms with van der Waals surface area (Å²) in [7, 11) is 2.05. The maximum absolute atomic E-state index is 13.4. The molecule has 2 aliphatic rings. The van der Waals surface area contributed by atoms with Gasteiger partial charge in [0.25, 0.3) is 0 Å². The molecule has 6 nitrogen and oxygen atoms in total. The quantitative estimate of drug-likeness (QED) is 0.865. The summed E-state index contributed by atoms with van der Waals surface area (Å²) in [5.41, 5.74) is 2.91. The lowest BCUT2D eigenvalue weighted by Gasteiger charge is -2.29. The number of nitrogens with one attached hydrogen (secondary N) is 1. The Bertz CT molecular complexity index is 792. The SMILES string of the molecule is CCN1CCCC1CN(C)CC(=O)N1c2ccccc2CNc2cccnc21. The van der Waals surface area contributed by atoms with Crippen LogP contribution in [0.4, 0.5) is 17.2 Å². The molecule has 1 N–H and O–H groups in total. The summed E-state index contributed by atoms with van der Waals surface area (Å²) in [6, 6.07) is 12.5. The van der Waals surface area contributed by atoms with Crippen LogP contribution in [-0.4, -0.2) is 60.0 Å². The molecule has 6 heteroatoms. The van der Waals surface area contributed by atoms with E-state index in [1.54, 1.807) is 11.1 Å². The van der Waals surface area contributed by atoms with Gasteiger partial charge in [0.2, 0.25) is 5.91 Å². The van der Waals surface area contributed by atoms with Gasteiger partial charge in [-0.3, -0.25) is 19.5 Å². The van der Waals surface area contributed by atoms with E-state index in [9.17, 15) is 4.79 Å². The molecule has 1 unspecified atom stereocenters. The third kappa shape index (κ3) is 3.75. The average molecular weight is 380 g/mol. The molecule has 1 fully saturated rings. The lowest BCUT2D eigenvalue weighted by atomic mass is 10.1. The van der Waals surface area contributed by atoms with Gasteiger partial charge in [-0.15, -0.1) is 0 Å². The number of benzene rings is 1. The maximum atomic E-state index is 13.4. The van der Waals surface area contributed by atoms with Crippen LogP contribution in [0.1, 0.15) is 25.3 Å². The number of hydrogen-bond donors (Lipinski definition) is 1. The minimum Gasteiger partial charge on any atom is -0.378 e. The van der Waals surface area contributed by atoms with Gasteiger partial charge in [0.1, 0.15) is 0 Å². The molecule has 0 saturated carbocycles. The van der Waals surface area contributed by atoms with Crippen LogP contribution in [0.5, 0.6) is 0 Å². The molecular formula is C22H29N5O. The Morgan fingerprint density at radius 1 is 1.29 bits per heavy atom. The molecule has 28 heavy (non-hydrogen) atoms. The number of pyridine rings is 1. The molecule has 0 spiro atoms. The van der Waals surface area contributed by atoms with Crippen LogP contribution < -0.4 is 10.2 Å². The minimum absolute atomic E-state index is 0.0552. The molecule has 1 aromatic heterocycles. The topological polar surface area (TPSA) is 51.7 Å². The number of anilines is 3. The van der Waals surface area contributed by atoms with Crippen molar-refractivity contribution in [3.8, 4) is 0 Å². The zero-order valence-corrected chi connectivity index (χ0v) is 16.8. The lowest BCUT2D eigenvalue weighted by molar-refractivity contribution is -0.118. The average Bonchev–Trinajstić information content (AvgIpc) is 3.07. The molecular weight excluding hydrogens is 350 g/mol. The van der Waals surface area contributed by atoms with Crippen molar-refractivity contribution in [3.05, 3.63) is 48.2 Å². The summed E-state index contributed by atoms with van der Waals surface area (Å²) in [4.78, 5) is 24.4. The molecule has 1 atom stereocenters. The van der Waals surface area contributed by atoms with Crippen LogP contribution in [0.25, 0.3) is 0 Å². The van der Waals surface area contributed by atoms with E-state index in [0.717, 1.165) is 30.0 Å². The number of amides is 1. The Kier molecular flexibility index (Phi) is 5.59. The van der Waals surface area contributed by atoms with E-state index in [0.29, 0.717) is 24.9 Å². The Morgan fingerprint density at radius 3 is 3.00 bits per heavy atom. The van der Waals surface area contributed by atoms with Gasteiger partial charge >= 0.3 is 0 Å². The summed E-state index contributed by atoms with van der Waals surface area (Å²) in [6.45, 7) is 6.44. The van der Waals surface area contributed by atoms with Crippen LogP contribution in [0.3, 0.4) is 0 Å². The molecule has 0 aliphatic carbocycles. The van der Waals surface area contributed by atoms with Crippen LogP contribution in [0.15, 0.2) is 42.6 Å². The zero-order chi connectivity index (χ0) is 19.5. The van der Waals surface area contributed by atoms with Crippen molar-refractivity contribution in [2.45, 2.75) is 32.4 Å². The van der Waals surface area contributed by atoms with Gasteiger partial charge in [-0.1, -0.05) is 25.1 Å². The number of carbonyl (C=O) groups excluding carboxylic acids is 1. The Hall–Kier alpha value is -2.44. The van der Waals surface area contributed by atoms with Gasteiger partial charge in [0, 0.05) is 25.3 Å². The fourth-order valence-corrected chi connectivity index (χ4v) is 4.39. The van der Waals surface area contributed by atoms with E-state index in [4.69, 9.17) is 0 Å². The number of carbonyl (C=O) groups is 1. The second-order valence-electron chi connectivity index (χ2n) is 7.71. The molecule has 3 heterocycles. The third-order valence-electron chi connectivity index (χ3n) is 5.78. The number of likely N-dealkylation sites (tertiary alicyclic amines) is 1. The minimum atomic E-state index is 0.0552. The van der Waals surface area contributed by atoms with Crippen LogP contribution in [0, 0.1) is 0 Å². The van der Waals surface area contributed by atoms with E-state index in [1.807, 2.05) is 37.4 Å². The molecule has 2 aromatic rings. The standard InChI is InChI=1S/C22H29N5O/c1-3-26-13-7-9-18(26)15-25(2)16-21(28)27-20-11-5-4-8-17(20)14-24-19-10-6-12-23-22(19)27/h4-6,8,10-12,18,24H,3,7,9,13-16H2,1-2H3. The predicted octanol–water partition coefficient (Wildman–Crippen LogP) is 3.09. The van der Waals surface area contributed by atoms with Crippen molar-refractivity contribution in [3.63, 3.8) is 0 Å². The van der Waals surface area contributed by atoms with Crippen molar-refractivity contribution in [1.29, 1.82) is 0 Å². The number of para-hydroxylation sites is 1. The monoisotopic (exact) mass is 379 g/mol. The van der Waals surface area contributed by atoms with Crippen molar-refractivity contribution in [1.82, 2.24) is 14.8 Å². The summed E-state index contributed by atoms with van der Waals surface area (Å²) < 4.78 is 0. The highest BCUT2D eigenvalue weighted by Crippen LogP contribution is 2.36. The number of fused-ring (bicyclic) bond motifs is 2. The van der Waals surface area contributed by atoms with E-state index in [2.05, 4.69) is 33.1 Å². The second-order valence-corrected chi connectivity index (χ2v) is 7.71. The molecule has 148 valence electrons. The van der Waals surface area contributed by atoms with Crippen molar-refractivity contribution in [2.75, 3.05) is 43.4 Å². The van der Waals surface area contributed by atoms with Gasteiger partial charge < -0.3 is 5.32 Å². The number of likely N-dealkylation sites (N-methyl/N-ethyl adjacent to an activating group) is 2. The summed E-state index contributed by atoms with van der Waals surface area (Å²) in [6.07, 6.45) is 4.21. The Morgan fingerprint density at radius 2 is 2.14 bits per heavy atom. The van der Waals surface area contributed by atoms with E-state index in [-0.39, 0.29) is 5.91 Å². The first-order valence-electron chi connectivity index (χ1n) is 10.2. The maximum Gasteiger partial charge on any atom is 0.246 e. The van der Waals surface area contributed by atoms with Crippen LogP contribution in [0.2, 0.25) is 0 Å². The van der Waals surface area contributed by atoms with E-state index in [1.165, 1.54) is 19.4 Å². The molecule has 1 saturated heterocycles. The summed E-state index contributed by atoms with van der Waals surface area (Å²) in [5.74, 6) is 0.738. The summed E-state index contributed by atoms with van der Waals surface area (Å²) in [5, 5.41) is 3.41. The lowest BCUT2D eigenvalue weighted by Crippen LogP contribution is -2.43. The number of aromatic nitrogens is 1. The Balaban J connectivity index is 1.56. The second kappa shape index (κ2) is 8.29. The van der Waals surface area contributed by atoms with Gasteiger partial charge in [0.05, 0.1) is 17.9 Å². The van der Waals surface area contributed by atoms with Gasteiger partial charge in [-0.05, 0) is 56.7 Å². The highest BCUT2D eigenvalue weighted by molar-refractivity contribution is 6.04. The third-order valence-corrected chi connectivity index (χ3v) is 5.78. The molecule has 2 aliphatic heterocycles. The van der Waals surface area contributed by atoms with Gasteiger partial charge in [-0.2, -0.15) is 0 Å². The molecule has 1 aromatic carbocycles. The first-order chi connectivity index (χ1) is 13.7. The predicted molar refractivity (Wildman–Crippen MR) is 113 cm³/mol. The van der Waals surface area contributed by atoms with Gasteiger partial charge in [0.15, 0.2) is 5.82 Å². The normalized spacial score (nSPS) is 19.1. The van der Waals surface area contributed by atoms with E-state index < -0.39 is 0 Å². The highest BCUT2D eigenvalue weighted by atomic mass is 16.2. The van der Waals surface area contributed by atoms with Crippen molar-refractivity contribution < 1.29 is 4.79 Å².